The van der Waals surface area contributed by atoms with E-state index in [0.717, 1.165) is 43.7 Å². The standard InChI is InChI=1S/C23H24BrN3O6/c1-28-18-11-16-17(12-19(18)30-6-2-3-27-4-7-29-8-5-27)25-13-26-23(16)33-21-10-15(24)9-20-22(21)32-14-31-20/h9-13H,2-8,14H2,1H3. The Morgan fingerprint density at radius 2 is 1.91 bits per heavy atom. The van der Waals surface area contributed by atoms with Gasteiger partial charge in [0, 0.05) is 30.2 Å². The van der Waals surface area contributed by atoms with Crippen molar-refractivity contribution in [1.29, 1.82) is 0 Å². The molecule has 10 heteroatoms. The second-order valence-electron chi connectivity index (χ2n) is 7.59. The lowest BCUT2D eigenvalue weighted by molar-refractivity contribution is 0.0357. The fourth-order valence-corrected chi connectivity index (χ4v) is 4.23. The highest BCUT2D eigenvalue weighted by molar-refractivity contribution is 9.10. The second-order valence-corrected chi connectivity index (χ2v) is 8.51. The summed E-state index contributed by atoms with van der Waals surface area (Å²) in [6.07, 6.45) is 2.37. The third-order valence-electron chi connectivity index (χ3n) is 5.47. The van der Waals surface area contributed by atoms with Crippen molar-refractivity contribution in [3.8, 4) is 34.6 Å². The number of ether oxygens (including phenoxy) is 6. The summed E-state index contributed by atoms with van der Waals surface area (Å²) in [4.78, 5) is 11.1. The molecule has 3 heterocycles. The van der Waals surface area contributed by atoms with Crippen LogP contribution in [0.3, 0.4) is 0 Å². The monoisotopic (exact) mass is 517 g/mol. The van der Waals surface area contributed by atoms with Gasteiger partial charge in [0.1, 0.15) is 6.33 Å². The summed E-state index contributed by atoms with van der Waals surface area (Å²) < 4.78 is 35.0. The van der Waals surface area contributed by atoms with Gasteiger partial charge in [0.25, 0.3) is 0 Å². The van der Waals surface area contributed by atoms with Gasteiger partial charge in [0.05, 0.1) is 37.8 Å². The molecular formula is C23H24BrN3O6. The minimum Gasteiger partial charge on any atom is -0.493 e. The molecule has 1 fully saturated rings. The average Bonchev–Trinajstić information content (AvgIpc) is 3.31. The molecule has 174 valence electrons. The highest BCUT2D eigenvalue weighted by Gasteiger charge is 2.22. The average molecular weight is 518 g/mol. The van der Waals surface area contributed by atoms with Gasteiger partial charge in [0.2, 0.25) is 18.4 Å². The van der Waals surface area contributed by atoms with Crippen molar-refractivity contribution in [3.63, 3.8) is 0 Å². The third kappa shape index (κ3) is 4.92. The molecule has 9 nitrogen and oxygen atoms in total. The number of hydrogen-bond acceptors (Lipinski definition) is 9. The van der Waals surface area contributed by atoms with Gasteiger partial charge in [-0.15, -0.1) is 0 Å². The van der Waals surface area contributed by atoms with Crippen LogP contribution < -0.4 is 23.7 Å². The molecule has 2 aliphatic rings. The number of hydrogen-bond donors (Lipinski definition) is 0. The number of rotatable bonds is 8. The number of halogens is 1. The molecule has 2 aromatic carbocycles. The van der Waals surface area contributed by atoms with Gasteiger partial charge in [0.15, 0.2) is 23.0 Å². The maximum absolute atomic E-state index is 6.12. The first-order chi connectivity index (χ1) is 16.2. The SMILES string of the molecule is COc1cc2c(Oc3cc(Br)cc4c3OCO4)ncnc2cc1OCCCN1CCOCC1. The topological polar surface area (TPSA) is 84.4 Å². The van der Waals surface area contributed by atoms with Gasteiger partial charge < -0.3 is 28.4 Å². The number of nitrogens with zero attached hydrogens (tertiary/aromatic N) is 3. The fraction of sp³-hybridized carbons (Fsp3) is 0.391. The molecule has 0 unspecified atom stereocenters. The lowest BCUT2D eigenvalue weighted by Gasteiger charge is -2.26. The summed E-state index contributed by atoms with van der Waals surface area (Å²) >= 11 is 3.47. The molecule has 0 radical (unpaired) electrons. The van der Waals surface area contributed by atoms with Crippen molar-refractivity contribution in [3.05, 3.63) is 35.1 Å². The van der Waals surface area contributed by atoms with Crippen LogP contribution in [0, 0.1) is 0 Å². The van der Waals surface area contributed by atoms with Gasteiger partial charge in [-0.05, 0) is 24.6 Å². The number of fused-ring (bicyclic) bond motifs is 2. The van der Waals surface area contributed by atoms with Crippen molar-refractivity contribution in [2.24, 2.45) is 0 Å². The van der Waals surface area contributed by atoms with Crippen LogP contribution in [-0.4, -0.2) is 68.2 Å². The second kappa shape index (κ2) is 9.98. The summed E-state index contributed by atoms with van der Waals surface area (Å²) in [5.74, 6) is 3.26. The van der Waals surface area contributed by atoms with Crippen molar-refractivity contribution in [1.82, 2.24) is 14.9 Å². The van der Waals surface area contributed by atoms with Gasteiger partial charge in [-0.1, -0.05) is 15.9 Å². The van der Waals surface area contributed by atoms with Crippen LogP contribution in [0.2, 0.25) is 0 Å². The molecule has 33 heavy (non-hydrogen) atoms. The maximum atomic E-state index is 6.12. The molecule has 1 aromatic heterocycles. The summed E-state index contributed by atoms with van der Waals surface area (Å²) in [5.41, 5.74) is 0.688. The first-order valence-corrected chi connectivity index (χ1v) is 11.5. The Hall–Kier alpha value is -2.82. The number of aromatic nitrogens is 2. The van der Waals surface area contributed by atoms with E-state index in [1.807, 2.05) is 24.3 Å². The number of benzene rings is 2. The lowest BCUT2D eigenvalue weighted by atomic mass is 10.2. The third-order valence-corrected chi connectivity index (χ3v) is 5.93. The Kier molecular flexibility index (Phi) is 6.65. The van der Waals surface area contributed by atoms with Gasteiger partial charge in [-0.25, -0.2) is 9.97 Å². The zero-order chi connectivity index (χ0) is 22.6. The van der Waals surface area contributed by atoms with E-state index in [1.54, 1.807) is 7.11 Å². The number of morpholine rings is 1. The Bertz CT molecular complexity index is 1140. The van der Waals surface area contributed by atoms with E-state index in [-0.39, 0.29) is 6.79 Å². The van der Waals surface area contributed by atoms with E-state index in [0.29, 0.717) is 52.1 Å². The van der Waals surface area contributed by atoms with Gasteiger partial charge in [-0.2, -0.15) is 0 Å². The van der Waals surface area contributed by atoms with E-state index >= 15 is 0 Å². The molecule has 0 atom stereocenters. The summed E-state index contributed by atoms with van der Waals surface area (Å²) in [7, 11) is 1.61. The Balaban J connectivity index is 1.34. The highest BCUT2D eigenvalue weighted by Crippen LogP contribution is 2.46. The zero-order valence-corrected chi connectivity index (χ0v) is 19.8. The first-order valence-electron chi connectivity index (χ1n) is 10.7. The van der Waals surface area contributed by atoms with Crippen LogP contribution in [0.1, 0.15) is 6.42 Å². The van der Waals surface area contributed by atoms with E-state index in [2.05, 4.69) is 30.8 Å². The minimum absolute atomic E-state index is 0.146. The molecule has 0 saturated carbocycles. The Morgan fingerprint density at radius 3 is 2.76 bits per heavy atom. The molecule has 1 saturated heterocycles. The van der Waals surface area contributed by atoms with E-state index in [1.165, 1.54) is 6.33 Å². The predicted octanol–water partition coefficient (Wildman–Crippen LogP) is 4.02. The van der Waals surface area contributed by atoms with Crippen LogP contribution in [0.25, 0.3) is 10.9 Å². The van der Waals surface area contributed by atoms with Crippen molar-refractivity contribution < 1.29 is 28.4 Å². The van der Waals surface area contributed by atoms with Crippen LogP contribution in [0.15, 0.2) is 35.1 Å². The minimum atomic E-state index is 0.146. The van der Waals surface area contributed by atoms with Gasteiger partial charge >= 0.3 is 0 Å². The first kappa shape index (κ1) is 22.0. The quantitative estimate of drug-likeness (QED) is 0.411. The largest absolute Gasteiger partial charge is 0.493 e. The Morgan fingerprint density at radius 1 is 1.03 bits per heavy atom. The van der Waals surface area contributed by atoms with Crippen LogP contribution >= 0.6 is 15.9 Å². The molecule has 5 rings (SSSR count). The lowest BCUT2D eigenvalue weighted by Crippen LogP contribution is -2.37. The fourth-order valence-electron chi connectivity index (χ4n) is 3.82. The molecule has 0 spiro atoms. The molecule has 0 amide bonds. The molecule has 0 N–H and O–H groups in total. The van der Waals surface area contributed by atoms with Gasteiger partial charge in [-0.3, -0.25) is 4.90 Å². The van der Waals surface area contributed by atoms with E-state index in [4.69, 9.17) is 28.4 Å². The zero-order valence-electron chi connectivity index (χ0n) is 18.2. The van der Waals surface area contributed by atoms with Crippen molar-refractivity contribution >= 4 is 26.8 Å². The molecule has 0 aliphatic carbocycles. The van der Waals surface area contributed by atoms with E-state index in [9.17, 15) is 0 Å². The Labute approximate surface area is 199 Å². The summed E-state index contributed by atoms with van der Waals surface area (Å²) in [5, 5.41) is 0.697. The highest BCUT2D eigenvalue weighted by atomic mass is 79.9. The van der Waals surface area contributed by atoms with Crippen molar-refractivity contribution in [2.75, 3.05) is 53.4 Å². The van der Waals surface area contributed by atoms with Crippen molar-refractivity contribution in [2.45, 2.75) is 6.42 Å². The molecule has 3 aromatic rings. The molecule has 2 aliphatic heterocycles. The molecule has 0 bridgehead atoms. The normalized spacial score (nSPS) is 15.6. The number of methoxy groups -OCH3 is 1. The van der Waals surface area contributed by atoms with Crippen LogP contribution in [-0.2, 0) is 4.74 Å². The smallest absolute Gasteiger partial charge is 0.231 e. The van der Waals surface area contributed by atoms with E-state index < -0.39 is 0 Å². The molecular weight excluding hydrogens is 494 g/mol. The maximum Gasteiger partial charge on any atom is 0.231 e. The van der Waals surface area contributed by atoms with Crippen LogP contribution in [0.4, 0.5) is 0 Å². The van der Waals surface area contributed by atoms with Crippen LogP contribution in [0.5, 0.6) is 34.6 Å². The summed E-state index contributed by atoms with van der Waals surface area (Å²) in [6, 6.07) is 7.32. The predicted molar refractivity (Wildman–Crippen MR) is 124 cm³/mol. The summed E-state index contributed by atoms with van der Waals surface area (Å²) in [6.45, 7) is 5.23.